The molecule has 3 rings (SSSR count). The van der Waals surface area contributed by atoms with E-state index in [4.69, 9.17) is 0 Å². The number of halogens is 6. The van der Waals surface area contributed by atoms with Gasteiger partial charge < -0.3 is 4.74 Å². The van der Waals surface area contributed by atoms with Gasteiger partial charge in [0.2, 0.25) is 0 Å². The molecule has 0 atom stereocenters. The van der Waals surface area contributed by atoms with Gasteiger partial charge in [0.05, 0.1) is 5.56 Å². The number of alkyl halides is 3. The molecule has 0 aliphatic rings. The van der Waals surface area contributed by atoms with Crippen molar-refractivity contribution < 1.29 is 35.9 Å². The van der Waals surface area contributed by atoms with Crippen molar-refractivity contribution in [3.05, 3.63) is 76.9 Å². The molecule has 162 valence electrons. The van der Waals surface area contributed by atoms with Gasteiger partial charge in [-0.15, -0.1) is 0 Å². The van der Waals surface area contributed by atoms with Crippen LogP contribution in [0.5, 0.6) is 5.75 Å². The van der Waals surface area contributed by atoms with Crippen LogP contribution in [-0.4, -0.2) is 15.9 Å². The van der Waals surface area contributed by atoms with Crippen LogP contribution in [-0.2, 0) is 12.6 Å². The zero-order valence-electron chi connectivity index (χ0n) is 15.9. The van der Waals surface area contributed by atoms with Crippen molar-refractivity contribution in [2.75, 3.05) is 0 Å². The number of benzene rings is 2. The Kier molecular flexibility index (Phi) is 6.28. The number of carbonyl (C=O) groups is 1. The van der Waals surface area contributed by atoms with Gasteiger partial charge in [0.1, 0.15) is 28.8 Å². The van der Waals surface area contributed by atoms with Crippen molar-refractivity contribution in [3.8, 4) is 17.1 Å². The highest BCUT2D eigenvalue weighted by molar-refractivity contribution is 5.91. The lowest BCUT2D eigenvalue weighted by Crippen LogP contribution is -2.14. The van der Waals surface area contributed by atoms with Crippen LogP contribution in [0.15, 0.2) is 42.7 Å². The normalized spacial score (nSPS) is 11.5. The van der Waals surface area contributed by atoms with Crippen LogP contribution >= 0.6 is 0 Å². The number of rotatable bonds is 5. The zero-order chi connectivity index (χ0) is 22.8. The first-order valence-electron chi connectivity index (χ1n) is 8.99. The number of esters is 1. The van der Waals surface area contributed by atoms with Crippen LogP contribution in [0.3, 0.4) is 0 Å². The summed E-state index contributed by atoms with van der Waals surface area (Å²) in [6, 6.07) is 3.75. The summed E-state index contributed by atoms with van der Waals surface area (Å²) < 4.78 is 84.1. The lowest BCUT2D eigenvalue weighted by Gasteiger charge is -2.11. The number of hydrogen-bond donors (Lipinski definition) is 0. The number of hydrogen-bond acceptors (Lipinski definition) is 4. The molecule has 2 aromatic carbocycles. The molecule has 0 spiro atoms. The number of aromatic nitrogens is 2. The van der Waals surface area contributed by atoms with Crippen LogP contribution in [0.4, 0.5) is 26.3 Å². The fraction of sp³-hybridized carbons (Fsp3) is 0.190. The highest BCUT2D eigenvalue weighted by Crippen LogP contribution is 2.35. The maximum Gasteiger partial charge on any atom is 0.422 e. The van der Waals surface area contributed by atoms with Gasteiger partial charge in [0, 0.05) is 30.1 Å². The van der Waals surface area contributed by atoms with E-state index in [-0.39, 0.29) is 23.5 Å². The molecule has 0 saturated carbocycles. The Labute approximate surface area is 172 Å². The maximum absolute atomic E-state index is 14.4. The van der Waals surface area contributed by atoms with Gasteiger partial charge in [-0.25, -0.2) is 27.9 Å². The molecule has 0 fully saturated rings. The van der Waals surface area contributed by atoms with Gasteiger partial charge in [-0.3, -0.25) is 0 Å². The highest BCUT2D eigenvalue weighted by Gasteiger charge is 2.38. The predicted octanol–water partition coefficient (Wildman–Crippen LogP) is 5.75. The van der Waals surface area contributed by atoms with Crippen LogP contribution in [0.2, 0.25) is 0 Å². The van der Waals surface area contributed by atoms with E-state index in [1.165, 1.54) is 6.07 Å². The van der Waals surface area contributed by atoms with E-state index in [1.807, 2.05) is 6.92 Å². The fourth-order valence-electron chi connectivity index (χ4n) is 2.78. The molecule has 31 heavy (non-hydrogen) atoms. The molecule has 0 bridgehead atoms. The average molecular weight is 440 g/mol. The molecule has 0 unspecified atom stereocenters. The average Bonchev–Trinajstić information content (AvgIpc) is 2.67. The van der Waals surface area contributed by atoms with Gasteiger partial charge in [0.15, 0.2) is 5.82 Å². The lowest BCUT2D eigenvalue weighted by atomic mass is 10.1. The highest BCUT2D eigenvalue weighted by atomic mass is 19.4. The molecule has 0 saturated heterocycles. The Morgan fingerprint density at radius 2 is 1.58 bits per heavy atom. The SMILES string of the molecule is CCCc1cnc(-c2ccc(C(=O)Oc3cc(F)c(C(F)(F)F)c(F)c3)c(F)c2)nc1. The van der Waals surface area contributed by atoms with E-state index in [2.05, 4.69) is 14.7 Å². The topological polar surface area (TPSA) is 52.1 Å². The summed E-state index contributed by atoms with van der Waals surface area (Å²) >= 11 is 0. The molecule has 0 N–H and O–H groups in total. The Hall–Kier alpha value is -3.43. The summed E-state index contributed by atoms with van der Waals surface area (Å²) in [4.78, 5) is 20.4. The largest absolute Gasteiger partial charge is 0.423 e. The number of aryl methyl sites for hydroxylation is 1. The number of nitrogens with zero attached hydrogens (tertiary/aromatic N) is 2. The molecule has 4 nitrogen and oxygen atoms in total. The summed E-state index contributed by atoms with van der Waals surface area (Å²) in [6.45, 7) is 1.99. The second-order valence-corrected chi connectivity index (χ2v) is 6.51. The van der Waals surface area contributed by atoms with Gasteiger partial charge in [-0.1, -0.05) is 19.4 Å². The summed E-state index contributed by atoms with van der Waals surface area (Å²) in [6.07, 6.45) is -0.389. The first kappa shape index (κ1) is 22.3. The fourth-order valence-corrected chi connectivity index (χ4v) is 2.78. The minimum absolute atomic E-state index is 0.196. The molecular formula is C21H14F6N2O2. The predicted molar refractivity (Wildman–Crippen MR) is 97.7 cm³/mol. The van der Waals surface area contributed by atoms with Crippen molar-refractivity contribution >= 4 is 5.97 Å². The smallest absolute Gasteiger partial charge is 0.422 e. The van der Waals surface area contributed by atoms with E-state index >= 15 is 0 Å². The number of carbonyl (C=O) groups excluding carboxylic acids is 1. The van der Waals surface area contributed by atoms with Crippen LogP contribution < -0.4 is 4.74 Å². The molecular weight excluding hydrogens is 426 g/mol. The molecule has 3 aromatic rings. The summed E-state index contributed by atoms with van der Waals surface area (Å²) in [5.41, 5.74) is -1.54. The quantitative estimate of drug-likeness (QED) is 0.288. The Balaban J connectivity index is 1.81. The minimum atomic E-state index is -5.27. The summed E-state index contributed by atoms with van der Waals surface area (Å²) in [5, 5.41) is 0. The van der Waals surface area contributed by atoms with Crippen molar-refractivity contribution in [1.29, 1.82) is 0 Å². The third-order valence-electron chi connectivity index (χ3n) is 4.20. The minimum Gasteiger partial charge on any atom is -0.423 e. The van der Waals surface area contributed by atoms with Crippen molar-refractivity contribution in [2.45, 2.75) is 25.9 Å². The second kappa shape index (κ2) is 8.75. The Morgan fingerprint density at radius 1 is 0.968 bits per heavy atom. The zero-order valence-corrected chi connectivity index (χ0v) is 15.9. The van der Waals surface area contributed by atoms with E-state index in [0.29, 0.717) is 0 Å². The molecule has 0 aliphatic heterocycles. The Bertz CT molecular complexity index is 1090. The summed E-state index contributed by atoms with van der Waals surface area (Å²) in [5.74, 6) is -6.93. The van der Waals surface area contributed by atoms with Gasteiger partial charge in [-0.2, -0.15) is 13.2 Å². The molecule has 0 radical (unpaired) electrons. The van der Waals surface area contributed by atoms with Crippen LogP contribution in [0, 0.1) is 17.5 Å². The Morgan fingerprint density at radius 3 is 2.10 bits per heavy atom. The van der Waals surface area contributed by atoms with Gasteiger partial charge in [0.25, 0.3) is 0 Å². The number of ether oxygens (including phenoxy) is 1. The first-order chi connectivity index (χ1) is 14.6. The van der Waals surface area contributed by atoms with Gasteiger partial charge in [-0.05, 0) is 24.1 Å². The molecule has 10 heteroatoms. The molecule has 0 amide bonds. The third kappa shape index (κ3) is 5.01. The van der Waals surface area contributed by atoms with Crippen LogP contribution in [0.1, 0.15) is 34.8 Å². The van der Waals surface area contributed by atoms with Crippen molar-refractivity contribution in [2.24, 2.45) is 0 Å². The summed E-state index contributed by atoms with van der Waals surface area (Å²) in [7, 11) is 0. The third-order valence-corrected chi connectivity index (χ3v) is 4.20. The van der Waals surface area contributed by atoms with E-state index < -0.39 is 46.5 Å². The van der Waals surface area contributed by atoms with E-state index in [9.17, 15) is 31.1 Å². The van der Waals surface area contributed by atoms with Crippen molar-refractivity contribution in [1.82, 2.24) is 9.97 Å². The molecule has 1 heterocycles. The molecule has 1 aromatic heterocycles. The maximum atomic E-state index is 14.4. The van der Waals surface area contributed by atoms with E-state index in [1.54, 1.807) is 12.4 Å². The van der Waals surface area contributed by atoms with Gasteiger partial charge >= 0.3 is 12.1 Å². The monoisotopic (exact) mass is 440 g/mol. The van der Waals surface area contributed by atoms with Crippen molar-refractivity contribution in [3.63, 3.8) is 0 Å². The lowest BCUT2D eigenvalue weighted by molar-refractivity contribution is -0.142. The van der Waals surface area contributed by atoms with Crippen LogP contribution in [0.25, 0.3) is 11.4 Å². The second-order valence-electron chi connectivity index (χ2n) is 6.51. The molecule has 0 aliphatic carbocycles. The first-order valence-corrected chi connectivity index (χ1v) is 8.99. The van der Waals surface area contributed by atoms with E-state index in [0.717, 1.165) is 30.5 Å². The standard InChI is InChI=1S/C21H14F6N2O2/c1-2-3-11-9-28-19(29-10-11)12-4-5-14(15(22)6-12)20(30)31-13-7-16(23)18(17(24)8-13)21(25,26)27/h4-10H,2-3H2,1H3.